The van der Waals surface area contributed by atoms with Crippen LogP contribution in [-0.4, -0.2) is 23.9 Å². The summed E-state index contributed by atoms with van der Waals surface area (Å²) >= 11 is 0. The summed E-state index contributed by atoms with van der Waals surface area (Å²) in [5.41, 5.74) is 2.58. The topological polar surface area (TPSA) is 20.3 Å². The van der Waals surface area contributed by atoms with Gasteiger partial charge in [0.05, 0.1) is 0 Å². The first kappa shape index (κ1) is 16.3. The van der Waals surface area contributed by atoms with Gasteiger partial charge in [0.1, 0.15) is 0 Å². The van der Waals surface area contributed by atoms with Gasteiger partial charge in [0.2, 0.25) is 5.91 Å². The normalized spacial score (nSPS) is 10.4. The maximum Gasteiger partial charge on any atom is 0.222 e. The Labute approximate surface area is 133 Å². The van der Waals surface area contributed by atoms with Crippen LogP contribution in [0.2, 0.25) is 0 Å². The smallest absolute Gasteiger partial charge is 0.222 e. The van der Waals surface area contributed by atoms with Gasteiger partial charge in [-0.2, -0.15) is 0 Å². The molecule has 0 N–H and O–H groups in total. The Bertz CT molecular complexity index is 550. The minimum absolute atomic E-state index is 0.263. The SMILES string of the molecule is CCN(CCCc1ccccc1)C(=O)CCc1ccccc1. The van der Waals surface area contributed by atoms with Crippen LogP contribution in [0, 0.1) is 0 Å². The molecule has 0 heterocycles. The number of benzene rings is 2. The average Bonchev–Trinajstić information content (AvgIpc) is 2.58. The first-order valence-corrected chi connectivity index (χ1v) is 8.15. The Morgan fingerprint density at radius 3 is 1.95 bits per heavy atom. The summed E-state index contributed by atoms with van der Waals surface area (Å²) in [6.45, 7) is 3.70. The van der Waals surface area contributed by atoms with Crippen molar-refractivity contribution in [2.45, 2.75) is 32.6 Å². The molecule has 0 bridgehead atoms. The third-order valence-corrected chi connectivity index (χ3v) is 3.94. The number of carbonyl (C=O) groups is 1. The van der Waals surface area contributed by atoms with Crippen molar-refractivity contribution >= 4 is 5.91 Å². The molecule has 1 amide bonds. The maximum atomic E-state index is 12.3. The van der Waals surface area contributed by atoms with E-state index in [1.807, 2.05) is 29.2 Å². The molecular weight excluding hydrogens is 270 g/mol. The van der Waals surface area contributed by atoms with Crippen molar-refractivity contribution in [3.8, 4) is 0 Å². The zero-order chi connectivity index (χ0) is 15.6. The monoisotopic (exact) mass is 295 g/mol. The third kappa shape index (κ3) is 5.36. The van der Waals surface area contributed by atoms with E-state index in [1.54, 1.807) is 0 Å². The molecule has 0 fully saturated rings. The van der Waals surface area contributed by atoms with Crippen LogP contribution in [-0.2, 0) is 17.6 Å². The highest BCUT2D eigenvalue weighted by atomic mass is 16.2. The lowest BCUT2D eigenvalue weighted by molar-refractivity contribution is -0.131. The van der Waals surface area contributed by atoms with Crippen molar-refractivity contribution in [1.29, 1.82) is 0 Å². The number of amides is 1. The van der Waals surface area contributed by atoms with Crippen molar-refractivity contribution in [2.24, 2.45) is 0 Å². The summed E-state index contributed by atoms with van der Waals surface area (Å²) in [7, 11) is 0. The van der Waals surface area contributed by atoms with Crippen molar-refractivity contribution in [3.63, 3.8) is 0 Å². The lowest BCUT2D eigenvalue weighted by Gasteiger charge is -2.21. The van der Waals surface area contributed by atoms with E-state index in [-0.39, 0.29) is 5.91 Å². The predicted octanol–water partition coefficient (Wildman–Crippen LogP) is 4.10. The van der Waals surface area contributed by atoms with Gasteiger partial charge in [-0.3, -0.25) is 4.79 Å². The van der Waals surface area contributed by atoms with E-state index in [2.05, 4.69) is 43.3 Å². The van der Waals surface area contributed by atoms with Gasteiger partial charge >= 0.3 is 0 Å². The molecule has 22 heavy (non-hydrogen) atoms. The van der Waals surface area contributed by atoms with Crippen molar-refractivity contribution < 1.29 is 4.79 Å². The van der Waals surface area contributed by atoms with Crippen molar-refractivity contribution in [1.82, 2.24) is 4.90 Å². The Morgan fingerprint density at radius 2 is 1.41 bits per heavy atom. The van der Waals surface area contributed by atoms with Crippen LogP contribution in [0.5, 0.6) is 0 Å². The number of nitrogens with zero attached hydrogens (tertiary/aromatic N) is 1. The minimum atomic E-state index is 0.263. The summed E-state index contributed by atoms with van der Waals surface area (Å²) in [4.78, 5) is 14.3. The van der Waals surface area contributed by atoms with E-state index in [9.17, 15) is 4.79 Å². The molecule has 0 aromatic heterocycles. The number of hydrogen-bond donors (Lipinski definition) is 0. The molecule has 0 atom stereocenters. The van der Waals surface area contributed by atoms with Crippen LogP contribution in [0.4, 0.5) is 0 Å². The molecule has 2 aromatic carbocycles. The van der Waals surface area contributed by atoms with Gasteiger partial charge < -0.3 is 4.90 Å². The zero-order valence-electron chi connectivity index (χ0n) is 13.4. The number of aryl methyl sites for hydroxylation is 2. The fourth-order valence-electron chi connectivity index (χ4n) is 2.63. The van der Waals surface area contributed by atoms with Crippen LogP contribution in [0.3, 0.4) is 0 Å². The molecule has 2 rings (SSSR count). The van der Waals surface area contributed by atoms with Gasteiger partial charge in [-0.1, -0.05) is 60.7 Å². The van der Waals surface area contributed by atoms with E-state index in [0.29, 0.717) is 6.42 Å². The zero-order valence-corrected chi connectivity index (χ0v) is 13.4. The molecule has 0 radical (unpaired) electrons. The Kier molecular flexibility index (Phi) is 6.69. The maximum absolute atomic E-state index is 12.3. The van der Waals surface area contributed by atoms with Gasteiger partial charge in [-0.15, -0.1) is 0 Å². The highest BCUT2D eigenvalue weighted by Gasteiger charge is 2.11. The van der Waals surface area contributed by atoms with E-state index in [0.717, 1.165) is 32.4 Å². The summed E-state index contributed by atoms with van der Waals surface area (Å²) in [6, 6.07) is 20.7. The van der Waals surface area contributed by atoms with E-state index in [4.69, 9.17) is 0 Å². The number of rotatable bonds is 8. The molecular formula is C20H25NO. The lowest BCUT2D eigenvalue weighted by atomic mass is 10.1. The quantitative estimate of drug-likeness (QED) is 0.718. The number of hydrogen-bond acceptors (Lipinski definition) is 1. The molecule has 2 heteroatoms. The second-order valence-corrected chi connectivity index (χ2v) is 5.55. The predicted molar refractivity (Wildman–Crippen MR) is 91.8 cm³/mol. The highest BCUT2D eigenvalue weighted by Crippen LogP contribution is 2.07. The summed E-state index contributed by atoms with van der Waals surface area (Å²) < 4.78 is 0. The standard InChI is InChI=1S/C20H25NO/c1-2-21(17-9-14-18-10-5-3-6-11-18)20(22)16-15-19-12-7-4-8-13-19/h3-8,10-13H,2,9,14-17H2,1H3. The number of carbonyl (C=O) groups excluding carboxylic acids is 1. The van der Waals surface area contributed by atoms with Crippen molar-refractivity contribution in [3.05, 3.63) is 71.8 Å². The van der Waals surface area contributed by atoms with Gasteiger partial charge in [0.15, 0.2) is 0 Å². The second-order valence-electron chi connectivity index (χ2n) is 5.55. The van der Waals surface area contributed by atoms with Crippen molar-refractivity contribution in [2.75, 3.05) is 13.1 Å². The molecule has 0 saturated heterocycles. The lowest BCUT2D eigenvalue weighted by Crippen LogP contribution is -2.32. The Balaban J connectivity index is 1.74. The summed E-state index contributed by atoms with van der Waals surface area (Å²) in [6.07, 6.45) is 3.48. The Morgan fingerprint density at radius 1 is 0.864 bits per heavy atom. The fraction of sp³-hybridized carbons (Fsp3) is 0.350. The molecule has 2 nitrogen and oxygen atoms in total. The minimum Gasteiger partial charge on any atom is -0.343 e. The molecule has 116 valence electrons. The van der Waals surface area contributed by atoms with Crippen LogP contribution >= 0.6 is 0 Å². The molecule has 0 spiro atoms. The summed E-state index contributed by atoms with van der Waals surface area (Å²) in [5.74, 6) is 0.263. The molecule has 0 aliphatic carbocycles. The van der Waals surface area contributed by atoms with Gasteiger partial charge in [-0.05, 0) is 37.3 Å². The second kappa shape index (κ2) is 9.04. The first-order chi connectivity index (χ1) is 10.8. The van der Waals surface area contributed by atoms with Gasteiger partial charge in [-0.25, -0.2) is 0 Å². The largest absolute Gasteiger partial charge is 0.343 e. The molecule has 0 aliphatic heterocycles. The van der Waals surface area contributed by atoms with E-state index >= 15 is 0 Å². The van der Waals surface area contributed by atoms with E-state index < -0.39 is 0 Å². The van der Waals surface area contributed by atoms with Gasteiger partial charge in [0, 0.05) is 19.5 Å². The van der Waals surface area contributed by atoms with Crippen LogP contribution < -0.4 is 0 Å². The highest BCUT2D eigenvalue weighted by molar-refractivity contribution is 5.76. The average molecular weight is 295 g/mol. The van der Waals surface area contributed by atoms with Crippen LogP contribution in [0.1, 0.15) is 30.9 Å². The van der Waals surface area contributed by atoms with Crippen LogP contribution in [0.15, 0.2) is 60.7 Å². The van der Waals surface area contributed by atoms with Crippen LogP contribution in [0.25, 0.3) is 0 Å². The summed E-state index contributed by atoms with van der Waals surface area (Å²) in [5, 5.41) is 0. The third-order valence-electron chi connectivity index (χ3n) is 3.94. The van der Waals surface area contributed by atoms with E-state index in [1.165, 1.54) is 11.1 Å². The van der Waals surface area contributed by atoms with Gasteiger partial charge in [0.25, 0.3) is 0 Å². The first-order valence-electron chi connectivity index (χ1n) is 8.15. The fourth-order valence-corrected chi connectivity index (χ4v) is 2.63. The molecule has 0 saturated carbocycles. The molecule has 0 aliphatic rings. The Hall–Kier alpha value is -2.09. The molecule has 2 aromatic rings. The molecule has 0 unspecified atom stereocenters.